The molecule has 7 nitrogen and oxygen atoms in total. The van der Waals surface area contributed by atoms with Gasteiger partial charge < -0.3 is 10.2 Å². The third-order valence-corrected chi connectivity index (χ3v) is 5.39. The summed E-state index contributed by atoms with van der Waals surface area (Å²) in [4.78, 5) is 30.5. The number of aromatic amines is 1. The first kappa shape index (κ1) is 20.6. The highest BCUT2D eigenvalue weighted by Gasteiger charge is 2.16. The maximum absolute atomic E-state index is 12.6. The first-order chi connectivity index (χ1) is 13.9. The Hall–Kier alpha value is -3.13. The average Bonchev–Trinajstić information content (AvgIpc) is 3.23. The number of nitrogens with one attached hydrogen (secondary N) is 2. The molecule has 3 aromatic rings. The molecule has 0 aliphatic carbocycles. The lowest BCUT2D eigenvalue weighted by molar-refractivity contribution is -0.116. The average molecular weight is 410 g/mol. The zero-order valence-electron chi connectivity index (χ0n) is 16.6. The molecule has 8 heteroatoms. The fourth-order valence-corrected chi connectivity index (χ4v) is 3.59. The van der Waals surface area contributed by atoms with Crippen LogP contribution in [-0.4, -0.2) is 45.5 Å². The summed E-state index contributed by atoms with van der Waals surface area (Å²) in [5.41, 5.74) is 4.39. The second-order valence-corrected chi connectivity index (χ2v) is 7.72. The molecule has 150 valence electrons. The van der Waals surface area contributed by atoms with Gasteiger partial charge in [-0.05, 0) is 42.7 Å². The Balaban J connectivity index is 1.55. The topological polar surface area (TPSA) is 91.0 Å². The Morgan fingerprint density at radius 1 is 1.10 bits per heavy atom. The Morgan fingerprint density at radius 3 is 2.41 bits per heavy atom. The number of rotatable bonds is 7. The number of thioether (sulfide) groups is 1. The zero-order chi connectivity index (χ0) is 20.8. The van der Waals surface area contributed by atoms with Gasteiger partial charge in [0.2, 0.25) is 5.91 Å². The molecule has 0 atom stereocenters. The number of H-pyrrole nitrogens is 1. The van der Waals surface area contributed by atoms with E-state index in [1.54, 1.807) is 19.2 Å². The van der Waals surface area contributed by atoms with E-state index in [1.165, 1.54) is 23.0 Å². The number of hydrogen-bond acceptors (Lipinski definition) is 5. The van der Waals surface area contributed by atoms with Gasteiger partial charge >= 0.3 is 0 Å². The molecule has 0 fully saturated rings. The Morgan fingerprint density at radius 2 is 1.79 bits per heavy atom. The highest BCUT2D eigenvalue weighted by molar-refractivity contribution is 7.98. The summed E-state index contributed by atoms with van der Waals surface area (Å²) in [6.45, 7) is 3.87. The minimum Gasteiger partial charge on any atom is -0.332 e. The fraction of sp³-hybridized carbons (Fsp3) is 0.238. The van der Waals surface area contributed by atoms with Crippen molar-refractivity contribution in [1.82, 2.24) is 20.1 Å². The summed E-state index contributed by atoms with van der Waals surface area (Å²) in [6.07, 6.45) is 1.47. The third kappa shape index (κ3) is 5.45. The molecule has 0 aliphatic rings. The molecule has 2 N–H and O–H groups in total. The summed E-state index contributed by atoms with van der Waals surface area (Å²) in [5, 5.41) is 10.3. The van der Waals surface area contributed by atoms with Crippen LogP contribution in [0.25, 0.3) is 0 Å². The normalized spacial score (nSPS) is 10.6. The monoisotopic (exact) mass is 409 g/mol. The van der Waals surface area contributed by atoms with Crippen molar-refractivity contribution < 1.29 is 9.59 Å². The highest BCUT2D eigenvalue weighted by Crippen LogP contribution is 2.20. The number of hydrogen-bond donors (Lipinski definition) is 2. The molecule has 0 unspecified atom stereocenters. The third-order valence-electron chi connectivity index (χ3n) is 4.44. The van der Waals surface area contributed by atoms with Gasteiger partial charge in [-0.25, -0.2) is 4.98 Å². The summed E-state index contributed by atoms with van der Waals surface area (Å²) in [6, 6.07) is 13.2. The number of amides is 2. The van der Waals surface area contributed by atoms with Crippen molar-refractivity contribution in [1.29, 1.82) is 0 Å². The maximum atomic E-state index is 12.6. The van der Waals surface area contributed by atoms with Crippen molar-refractivity contribution in [2.45, 2.75) is 24.8 Å². The minimum absolute atomic E-state index is 0.0182. The first-order valence-electron chi connectivity index (χ1n) is 9.12. The number of anilines is 1. The molecule has 0 spiro atoms. The summed E-state index contributed by atoms with van der Waals surface area (Å²) < 4.78 is 0. The maximum Gasteiger partial charge on any atom is 0.254 e. The number of carbonyl (C=O) groups is 2. The summed E-state index contributed by atoms with van der Waals surface area (Å²) in [7, 11) is 1.63. The Bertz CT molecular complexity index is 967. The highest BCUT2D eigenvalue weighted by atomic mass is 32.2. The molecule has 0 aliphatic heterocycles. The predicted octanol–water partition coefficient (Wildman–Crippen LogP) is 3.42. The van der Waals surface area contributed by atoms with Crippen LogP contribution in [0.3, 0.4) is 0 Å². The van der Waals surface area contributed by atoms with Crippen molar-refractivity contribution in [3.63, 3.8) is 0 Å². The molecular formula is C21H23N5O2S. The van der Waals surface area contributed by atoms with E-state index in [0.717, 1.165) is 33.3 Å². The van der Waals surface area contributed by atoms with E-state index < -0.39 is 0 Å². The van der Waals surface area contributed by atoms with Crippen LogP contribution >= 0.6 is 11.8 Å². The predicted molar refractivity (Wildman–Crippen MR) is 114 cm³/mol. The van der Waals surface area contributed by atoms with Crippen LogP contribution in [0.5, 0.6) is 0 Å². The molecular weight excluding hydrogens is 386 g/mol. The molecule has 1 aromatic heterocycles. The lowest BCUT2D eigenvalue weighted by Gasteiger charge is -2.18. The van der Waals surface area contributed by atoms with Gasteiger partial charge in [0, 0.05) is 24.1 Å². The van der Waals surface area contributed by atoms with Crippen molar-refractivity contribution in [3.05, 3.63) is 71.0 Å². The molecule has 0 bridgehead atoms. The second-order valence-electron chi connectivity index (χ2n) is 6.75. The molecule has 29 heavy (non-hydrogen) atoms. The smallest absolute Gasteiger partial charge is 0.254 e. The van der Waals surface area contributed by atoms with E-state index in [0.29, 0.717) is 5.56 Å². The molecule has 1 heterocycles. The van der Waals surface area contributed by atoms with E-state index in [-0.39, 0.29) is 18.4 Å². The number of para-hydroxylation sites is 1. The zero-order valence-corrected chi connectivity index (χ0v) is 17.4. The molecule has 3 rings (SSSR count). The molecule has 0 saturated carbocycles. The largest absolute Gasteiger partial charge is 0.332 e. The van der Waals surface area contributed by atoms with Crippen molar-refractivity contribution in [2.75, 3.05) is 18.9 Å². The first-order valence-corrected chi connectivity index (χ1v) is 10.1. The van der Waals surface area contributed by atoms with Gasteiger partial charge in [-0.3, -0.25) is 14.7 Å². The number of aromatic nitrogens is 3. The van der Waals surface area contributed by atoms with Gasteiger partial charge in [0.05, 0.1) is 6.54 Å². The van der Waals surface area contributed by atoms with E-state index in [4.69, 9.17) is 0 Å². The number of aryl methyl sites for hydroxylation is 2. The van der Waals surface area contributed by atoms with Crippen LogP contribution in [-0.2, 0) is 10.5 Å². The van der Waals surface area contributed by atoms with E-state index in [1.807, 2.05) is 44.2 Å². The molecule has 0 radical (unpaired) electrons. The molecule has 2 aromatic carbocycles. The fourth-order valence-electron chi connectivity index (χ4n) is 2.86. The van der Waals surface area contributed by atoms with Crippen LogP contribution in [0.4, 0.5) is 5.69 Å². The van der Waals surface area contributed by atoms with Crippen LogP contribution in [0.15, 0.2) is 53.9 Å². The van der Waals surface area contributed by atoms with Crippen LogP contribution < -0.4 is 5.32 Å². The number of carbonyl (C=O) groups excluding carboxylic acids is 2. The number of benzene rings is 2. The van der Waals surface area contributed by atoms with Crippen molar-refractivity contribution in [2.24, 2.45) is 0 Å². The van der Waals surface area contributed by atoms with Crippen molar-refractivity contribution in [3.8, 4) is 0 Å². The lowest BCUT2D eigenvalue weighted by atomic mass is 10.1. The SMILES string of the molecule is Cc1cccc(C)c1NC(=O)CN(C)C(=O)c1ccc(CSc2ncn[nH]2)cc1. The standard InChI is InChI=1S/C21H23N5O2S/c1-14-5-4-6-15(2)19(14)24-18(27)11-26(3)20(28)17-9-7-16(8-10-17)12-29-21-22-13-23-25-21/h4-10,13H,11-12H2,1-3H3,(H,24,27)(H,22,23,25). The van der Waals surface area contributed by atoms with Crippen molar-refractivity contribution >= 4 is 29.3 Å². The van der Waals surface area contributed by atoms with Crippen LogP contribution in [0.1, 0.15) is 27.0 Å². The molecule has 0 saturated heterocycles. The van der Waals surface area contributed by atoms with Gasteiger partial charge in [0.1, 0.15) is 6.33 Å². The Kier molecular flexibility index (Phi) is 6.66. The minimum atomic E-state index is -0.224. The Labute approximate surface area is 173 Å². The van der Waals surface area contributed by atoms with E-state index in [2.05, 4.69) is 20.5 Å². The number of nitrogens with zero attached hydrogens (tertiary/aromatic N) is 3. The summed E-state index contributed by atoms with van der Waals surface area (Å²) >= 11 is 1.53. The summed E-state index contributed by atoms with van der Waals surface area (Å²) in [5.74, 6) is 0.298. The quantitative estimate of drug-likeness (QED) is 0.584. The van der Waals surface area contributed by atoms with E-state index >= 15 is 0 Å². The van der Waals surface area contributed by atoms with Gasteiger partial charge in [-0.15, -0.1) is 0 Å². The lowest BCUT2D eigenvalue weighted by Crippen LogP contribution is -2.35. The van der Waals surface area contributed by atoms with Gasteiger partial charge in [-0.1, -0.05) is 42.1 Å². The van der Waals surface area contributed by atoms with Crippen LogP contribution in [0, 0.1) is 13.8 Å². The van der Waals surface area contributed by atoms with Gasteiger partial charge in [0.15, 0.2) is 5.16 Å². The van der Waals surface area contributed by atoms with Crippen LogP contribution in [0.2, 0.25) is 0 Å². The molecule has 2 amide bonds. The number of likely N-dealkylation sites (N-methyl/N-ethyl adjacent to an activating group) is 1. The van der Waals surface area contributed by atoms with Gasteiger partial charge in [0.25, 0.3) is 5.91 Å². The van der Waals surface area contributed by atoms with E-state index in [9.17, 15) is 9.59 Å². The second kappa shape index (κ2) is 9.38. The van der Waals surface area contributed by atoms with Gasteiger partial charge in [-0.2, -0.15) is 5.10 Å².